The smallest absolute Gasteiger partial charge is 0.356 e. The van der Waals surface area contributed by atoms with Crippen LogP contribution in [0.25, 0.3) is 0 Å². The predicted octanol–water partition coefficient (Wildman–Crippen LogP) is 2.63. The van der Waals surface area contributed by atoms with Gasteiger partial charge in [-0.05, 0) is 30.7 Å². The van der Waals surface area contributed by atoms with Crippen LogP contribution in [-0.2, 0) is 6.42 Å². The number of piperidine rings is 1. The summed E-state index contributed by atoms with van der Waals surface area (Å²) in [4.78, 5) is 21.2. The molecule has 0 spiro atoms. The molecule has 0 radical (unpaired) electrons. The molecule has 0 bridgehead atoms. The molecule has 1 aromatic heterocycles. The lowest BCUT2D eigenvalue weighted by atomic mass is 9.91. The van der Waals surface area contributed by atoms with Gasteiger partial charge in [-0.25, -0.2) is 14.8 Å². The molecule has 114 valence electrons. The molecule has 0 saturated carbocycles. The van der Waals surface area contributed by atoms with E-state index >= 15 is 0 Å². The zero-order valence-electron chi connectivity index (χ0n) is 12.4. The van der Waals surface area contributed by atoms with Gasteiger partial charge in [-0.2, -0.15) is 0 Å². The number of carboxylic acid groups (broad SMARTS) is 1. The van der Waals surface area contributed by atoms with Crippen LogP contribution in [0.1, 0.15) is 28.9 Å². The van der Waals surface area contributed by atoms with Crippen LogP contribution in [0.15, 0.2) is 42.7 Å². The Balaban J connectivity index is 1.66. The number of hydrogen-bond donors (Lipinski definition) is 1. The summed E-state index contributed by atoms with van der Waals surface area (Å²) in [6, 6.07) is 10.5. The first-order valence-electron chi connectivity index (χ1n) is 7.56. The van der Waals surface area contributed by atoms with Gasteiger partial charge >= 0.3 is 5.97 Å². The van der Waals surface area contributed by atoms with Gasteiger partial charge in [-0.15, -0.1) is 0 Å². The number of carboxylic acids is 1. The largest absolute Gasteiger partial charge is 0.476 e. The van der Waals surface area contributed by atoms with Gasteiger partial charge in [0, 0.05) is 13.1 Å². The molecular formula is C17H19N3O2. The van der Waals surface area contributed by atoms with Crippen LogP contribution in [0.2, 0.25) is 0 Å². The quantitative estimate of drug-likeness (QED) is 0.939. The van der Waals surface area contributed by atoms with Gasteiger partial charge in [0.2, 0.25) is 0 Å². The van der Waals surface area contributed by atoms with Crippen LogP contribution in [0.4, 0.5) is 5.82 Å². The standard InChI is InChI=1S/C17H19N3O2/c21-17(22)15-10-19-16(11-18-15)20-8-4-7-14(12-20)9-13-5-2-1-3-6-13/h1-3,5-6,10-11,14H,4,7-9,12H2,(H,21,22). The van der Waals surface area contributed by atoms with Crippen LogP contribution in [0, 0.1) is 5.92 Å². The summed E-state index contributed by atoms with van der Waals surface area (Å²) in [5.41, 5.74) is 1.35. The molecule has 2 aromatic rings. The third-order valence-electron chi connectivity index (χ3n) is 4.07. The molecule has 1 aliphatic heterocycles. The Morgan fingerprint density at radius 3 is 2.73 bits per heavy atom. The number of aromatic nitrogens is 2. The van der Waals surface area contributed by atoms with Crippen LogP contribution in [0.3, 0.4) is 0 Å². The average molecular weight is 297 g/mol. The first-order valence-corrected chi connectivity index (χ1v) is 7.56. The third kappa shape index (κ3) is 3.42. The molecule has 1 N–H and O–H groups in total. The zero-order chi connectivity index (χ0) is 15.4. The number of rotatable bonds is 4. The van der Waals surface area contributed by atoms with E-state index in [1.165, 1.54) is 18.2 Å². The lowest BCUT2D eigenvalue weighted by Crippen LogP contribution is -2.36. The zero-order valence-corrected chi connectivity index (χ0v) is 12.4. The van der Waals surface area contributed by atoms with Crippen LogP contribution < -0.4 is 4.90 Å². The molecule has 1 unspecified atom stereocenters. The van der Waals surface area contributed by atoms with E-state index in [1.807, 2.05) is 6.07 Å². The summed E-state index contributed by atoms with van der Waals surface area (Å²) in [5, 5.41) is 8.88. The minimum atomic E-state index is -1.04. The highest BCUT2D eigenvalue weighted by Crippen LogP contribution is 2.24. The summed E-state index contributed by atoms with van der Waals surface area (Å²) in [7, 11) is 0. The summed E-state index contributed by atoms with van der Waals surface area (Å²) in [5.74, 6) is 0.319. The fraction of sp³-hybridized carbons (Fsp3) is 0.353. The van der Waals surface area contributed by atoms with Crippen molar-refractivity contribution >= 4 is 11.8 Å². The van der Waals surface area contributed by atoms with Crippen molar-refractivity contribution in [2.24, 2.45) is 5.92 Å². The predicted molar refractivity (Wildman–Crippen MR) is 84.1 cm³/mol. The van der Waals surface area contributed by atoms with E-state index in [9.17, 15) is 4.79 Å². The molecule has 0 aliphatic carbocycles. The second kappa shape index (κ2) is 6.56. The molecule has 0 amide bonds. The maximum absolute atomic E-state index is 10.8. The fourth-order valence-electron chi connectivity index (χ4n) is 2.98. The van der Waals surface area contributed by atoms with Crippen molar-refractivity contribution in [3.8, 4) is 0 Å². The topological polar surface area (TPSA) is 66.3 Å². The molecule has 3 rings (SSSR count). The Morgan fingerprint density at radius 2 is 2.05 bits per heavy atom. The molecule has 1 aromatic carbocycles. The van der Waals surface area contributed by atoms with E-state index in [-0.39, 0.29) is 5.69 Å². The monoisotopic (exact) mass is 297 g/mol. The summed E-state index contributed by atoms with van der Waals surface area (Å²) < 4.78 is 0. The third-order valence-corrected chi connectivity index (χ3v) is 4.07. The second-order valence-corrected chi connectivity index (χ2v) is 5.71. The maximum Gasteiger partial charge on any atom is 0.356 e. The highest BCUT2D eigenvalue weighted by atomic mass is 16.4. The highest BCUT2D eigenvalue weighted by Gasteiger charge is 2.21. The van der Waals surface area contributed by atoms with Crippen molar-refractivity contribution in [2.75, 3.05) is 18.0 Å². The Labute approximate surface area is 129 Å². The van der Waals surface area contributed by atoms with Gasteiger partial charge in [-0.1, -0.05) is 30.3 Å². The Morgan fingerprint density at radius 1 is 1.23 bits per heavy atom. The van der Waals surface area contributed by atoms with E-state index in [2.05, 4.69) is 39.1 Å². The molecule has 5 heteroatoms. The molecule has 5 nitrogen and oxygen atoms in total. The molecule has 1 fully saturated rings. The number of benzene rings is 1. The summed E-state index contributed by atoms with van der Waals surface area (Å²) >= 11 is 0. The molecule has 1 aliphatic rings. The van der Waals surface area contributed by atoms with Crippen molar-refractivity contribution < 1.29 is 9.90 Å². The van der Waals surface area contributed by atoms with Gasteiger partial charge in [0.1, 0.15) is 5.82 Å². The molecule has 22 heavy (non-hydrogen) atoms. The number of nitrogens with zero attached hydrogens (tertiary/aromatic N) is 3. The minimum absolute atomic E-state index is 0.0124. The first-order chi connectivity index (χ1) is 10.7. The van der Waals surface area contributed by atoms with Gasteiger partial charge in [0.15, 0.2) is 5.69 Å². The maximum atomic E-state index is 10.8. The number of hydrogen-bond acceptors (Lipinski definition) is 4. The van der Waals surface area contributed by atoms with Crippen molar-refractivity contribution in [2.45, 2.75) is 19.3 Å². The Hall–Kier alpha value is -2.43. The van der Waals surface area contributed by atoms with Gasteiger partial charge in [0.05, 0.1) is 12.4 Å². The first kappa shape index (κ1) is 14.5. The van der Waals surface area contributed by atoms with Crippen molar-refractivity contribution in [3.05, 3.63) is 54.0 Å². The van der Waals surface area contributed by atoms with Crippen molar-refractivity contribution in [1.82, 2.24) is 9.97 Å². The Bertz CT molecular complexity index is 628. The van der Waals surface area contributed by atoms with Gasteiger partial charge < -0.3 is 10.0 Å². The number of aromatic carboxylic acids is 1. The molecule has 1 atom stereocenters. The molecule has 1 saturated heterocycles. The minimum Gasteiger partial charge on any atom is -0.476 e. The molecule has 2 heterocycles. The van der Waals surface area contributed by atoms with E-state index < -0.39 is 5.97 Å². The average Bonchev–Trinajstić information content (AvgIpc) is 2.56. The SMILES string of the molecule is O=C(O)c1cnc(N2CCCC(Cc3ccccc3)C2)cn1. The second-order valence-electron chi connectivity index (χ2n) is 5.71. The van der Waals surface area contributed by atoms with Gasteiger partial charge in [0.25, 0.3) is 0 Å². The Kier molecular flexibility index (Phi) is 4.32. The van der Waals surface area contributed by atoms with E-state index in [0.29, 0.717) is 5.92 Å². The van der Waals surface area contributed by atoms with Crippen LogP contribution in [-0.4, -0.2) is 34.1 Å². The van der Waals surface area contributed by atoms with E-state index in [0.717, 1.165) is 31.7 Å². The van der Waals surface area contributed by atoms with Crippen LogP contribution >= 0.6 is 0 Å². The van der Waals surface area contributed by atoms with E-state index in [4.69, 9.17) is 5.11 Å². The van der Waals surface area contributed by atoms with Crippen LogP contribution in [0.5, 0.6) is 0 Å². The van der Waals surface area contributed by atoms with Gasteiger partial charge in [-0.3, -0.25) is 0 Å². The van der Waals surface area contributed by atoms with E-state index in [1.54, 1.807) is 6.20 Å². The lowest BCUT2D eigenvalue weighted by molar-refractivity contribution is 0.0690. The normalized spacial score (nSPS) is 18.2. The lowest BCUT2D eigenvalue weighted by Gasteiger charge is -2.33. The number of carbonyl (C=O) groups is 1. The fourth-order valence-corrected chi connectivity index (χ4v) is 2.98. The molecular weight excluding hydrogens is 278 g/mol. The highest BCUT2D eigenvalue weighted by molar-refractivity contribution is 5.84. The van der Waals surface area contributed by atoms with Crippen molar-refractivity contribution in [3.63, 3.8) is 0 Å². The summed E-state index contributed by atoms with van der Waals surface area (Å²) in [6.07, 6.45) is 6.30. The number of anilines is 1. The summed E-state index contributed by atoms with van der Waals surface area (Å²) in [6.45, 7) is 1.89. The van der Waals surface area contributed by atoms with Crippen molar-refractivity contribution in [1.29, 1.82) is 0 Å².